The number of carboxylic acids is 1. The Bertz CT molecular complexity index is 304. The van der Waals surface area contributed by atoms with E-state index in [9.17, 15) is 9.59 Å². The third-order valence-corrected chi connectivity index (χ3v) is 3.20. The Hall–Kier alpha value is -1.34. The van der Waals surface area contributed by atoms with E-state index in [4.69, 9.17) is 14.6 Å². The van der Waals surface area contributed by atoms with Gasteiger partial charge in [-0.1, -0.05) is 0 Å². The fourth-order valence-electron chi connectivity index (χ4n) is 1.97. The number of rotatable bonds is 7. The zero-order valence-electron chi connectivity index (χ0n) is 11.4. The molecule has 2 N–H and O–H groups in total. The van der Waals surface area contributed by atoms with Crippen molar-refractivity contribution in [3.63, 3.8) is 0 Å². The molecule has 0 radical (unpaired) electrons. The Labute approximate surface area is 112 Å². The number of aliphatic carboxylic acids is 1. The lowest BCUT2D eigenvalue weighted by Crippen LogP contribution is -2.49. The highest BCUT2D eigenvalue weighted by atomic mass is 16.5. The first kappa shape index (κ1) is 15.7. The normalized spacial score (nSPS) is 20.0. The van der Waals surface area contributed by atoms with E-state index in [1.807, 2.05) is 6.92 Å². The predicted molar refractivity (Wildman–Crippen MR) is 68.0 cm³/mol. The van der Waals surface area contributed by atoms with Crippen molar-refractivity contribution >= 4 is 12.0 Å². The van der Waals surface area contributed by atoms with Crippen molar-refractivity contribution in [2.24, 2.45) is 5.92 Å². The molecule has 0 saturated carbocycles. The van der Waals surface area contributed by atoms with Crippen molar-refractivity contribution in [1.82, 2.24) is 10.2 Å². The van der Waals surface area contributed by atoms with Crippen molar-refractivity contribution in [2.45, 2.75) is 19.4 Å². The van der Waals surface area contributed by atoms with Gasteiger partial charge in [-0.25, -0.2) is 4.79 Å². The summed E-state index contributed by atoms with van der Waals surface area (Å²) in [6.45, 7) is 3.49. The smallest absolute Gasteiger partial charge is 0.323 e. The van der Waals surface area contributed by atoms with Crippen LogP contribution in [0.5, 0.6) is 0 Å². The van der Waals surface area contributed by atoms with E-state index in [-0.39, 0.29) is 31.1 Å². The van der Waals surface area contributed by atoms with Crippen LogP contribution >= 0.6 is 0 Å². The number of ether oxygens (including phenoxy) is 2. The van der Waals surface area contributed by atoms with Crippen molar-refractivity contribution in [3.05, 3.63) is 0 Å². The van der Waals surface area contributed by atoms with Crippen LogP contribution in [-0.2, 0) is 14.3 Å². The van der Waals surface area contributed by atoms with Crippen LogP contribution in [-0.4, -0.2) is 68.1 Å². The lowest BCUT2D eigenvalue weighted by molar-refractivity contribution is -0.137. The zero-order chi connectivity index (χ0) is 14.3. The van der Waals surface area contributed by atoms with Gasteiger partial charge < -0.3 is 24.8 Å². The molecular weight excluding hydrogens is 252 g/mol. The van der Waals surface area contributed by atoms with Gasteiger partial charge in [0.25, 0.3) is 0 Å². The third kappa shape index (κ3) is 5.44. The van der Waals surface area contributed by atoms with E-state index in [1.54, 1.807) is 0 Å². The standard InChI is InChI=1S/C12H22N2O5/c1-9(10-3-5-19-8-10)13-12(17)14(4-6-18-2)7-11(15)16/h9-10H,3-8H2,1-2H3,(H,13,17)(H,15,16). The fourth-order valence-corrected chi connectivity index (χ4v) is 1.97. The van der Waals surface area contributed by atoms with Crippen LogP contribution in [0.25, 0.3) is 0 Å². The van der Waals surface area contributed by atoms with Crippen LogP contribution in [0.15, 0.2) is 0 Å². The molecule has 19 heavy (non-hydrogen) atoms. The molecule has 0 aliphatic carbocycles. The topological polar surface area (TPSA) is 88.1 Å². The first-order valence-electron chi connectivity index (χ1n) is 6.38. The van der Waals surface area contributed by atoms with Crippen molar-refractivity contribution < 1.29 is 24.2 Å². The Morgan fingerprint density at radius 3 is 2.84 bits per heavy atom. The summed E-state index contributed by atoms with van der Waals surface area (Å²) in [4.78, 5) is 24.0. The summed E-state index contributed by atoms with van der Waals surface area (Å²) >= 11 is 0. The van der Waals surface area contributed by atoms with Crippen LogP contribution < -0.4 is 5.32 Å². The maximum atomic E-state index is 12.0. The highest BCUT2D eigenvalue weighted by molar-refractivity contribution is 5.80. The average molecular weight is 274 g/mol. The van der Waals surface area contributed by atoms with Crippen LogP contribution in [0.2, 0.25) is 0 Å². The molecule has 2 atom stereocenters. The van der Waals surface area contributed by atoms with Gasteiger partial charge in [0.15, 0.2) is 0 Å². The lowest BCUT2D eigenvalue weighted by atomic mass is 10.0. The zero-order valence-corrected chi connectivity index (χ0v) is 11.4. The van der Waals surface area contributed by atoms with Crippen molar-refractivity contribution in [2.75, 3.05) is 40.0 Å². The number of methoxy groups -OCH3 is 1. The number of carbonyl (C=O) groups is 2. The average Bonchev–Trinajstić information content (AvgIpc) is 2.87. The molecule has 0 aromatic rings. The van der Waals surface area contributed by atoms with Gasteiger partial charge in [0.05, 0.1) is 13.2 Å². The molecule has 1 aliphatic heterocycles. The van der Waals surface area contributed by atoms with E-state index in [2.05, 4.69) is 5.32 Å². The van der Waals surface area contributed by atoms with Crippen molar-refractivity contribution in [3.8, 4) is 0 Å². The first-order chi connectivity index (χ1) is 9.04. The highest BCUT2D eigenvalue weighted by Crippen LogP contribution is 2.16. The van der Waals surface area contributed by atoms with Crippen LogP contribution in [0.1, 0.15) is 13.3 Å². The molecule has 1 fully saturated rings. The molecule has 0 aromatic heterocycles. The van der Waals surface area contributed by atoms with Gasteiger partial charge in [-0.2, -0.15) is 0 Å². The van der Waals surface area contributed by atoms with Gasteiger partial charge in [0.2, 0.25) is 0 Å². The summed E-state index contributed by atoms with van der Waals surface area (Å²) < 4.78 is 10.1. The molecule has 1 heterocycles. The predicted octanol–water partition coefficient (Wildman–Crippen LogP) is 0.154. The molecule has 2 unspecified atom stereocenters. The molecule has 0 aromatic carbocycles. The molecule has 1 rings (SSSR count). The van der Waals surface area contributed by atoms with Crippen molar-refractivity contribution in [1.29, 1.82) is 0 Å². The number of hydrogen-bond donors (Lipinski definition) is 2. The highest BCUT2D eigenvalue weighted by Gasteiger charge is 2.25. The Balaban J connectivity index is 2.47. The summed E-state index contributed by atoms with van der Waals surface area (Å²) in [6, 6.07) is -0.410. The number of hydrogen-bond acceptors (Lipinski definition) is 4. The van der Waals surface area contributed by atoms with Gasteiger partial charge in [-0.3, -0.25) is 4.79 Å². The molecule has 2 amide bonds. The summed E-state index contributed by atoms with van der Waals surface area (Å²) in [5.41, 5.74) is 0. The fraction of sp³-hybridized carbons (Fsp3) is 0.833. The molecule has 7 nitrogen and oxygen atoms in total. The van der Waals surface area contributed by atoms with Gasteiger partial charge in [0.1, 0.15) is 6.54 Å². The number of nitrogens with one attached hydrogen (secondary N) is 1. The lowest BCUT2D eigenvalue weighted by Gasteiger charge is -2.25. The van der Waals surface area contributed by atoms with Gasteiger partial charge >= 0.3 is 12.0 Å². The van der Waals surface area contributed by atoms with E-state index in [1.165, 1.54) is 12.0 Å². The summed E-state index contributed by atoms with van der Waals surface area (Å²) in [6.07, 6.45) is 0.915. The molecule has 110 valence electrons. The van der Waals surface area contributed by atoms with Gasteiger partial charge in [-0.15, -0.1) is 0 Å². The van der Waals surface area contributed by atoms with E-state index in [0.717, 1.165) is 6.42 Å². The second kappa shape index (κ2) is 7.96. The number of amides is 2. The summed E-state index contributed by atoms with van der Waals surface area (Å²) in [5.74, 6) is -0.749. The largest absolute Gasteiger partial charge is 0.480 e. The van der Waals surface area contributed by atoms with E-state index >= 15 is 0 Å². The molecule has 1 saturated heterocycles. The maximum Gasteiger partial charge on any atom is 0.323 e. The van der Waals surface area contributed by atoms with Gasteiger partial charge in [-0.05, 0) is 13.3 Å². The number of nitrogens with zero attached hydrogens (tertiary/aromatic N) is 1. The molecule has 1 aliphatic rings. The second-order valence-corrected chi connectivity index (χ2v) is 4.67. The number of carboxylic acid groups (broad SMARTS) is 1. The van der Waals surface area contributed by atoms with Crippen LogP contribution in [0, 0.1) is 5.92 Å². The minimum absolute atomic E-state index is 0.0335. The Morgan fingerprint density at radius 2 is 2.32 bits per heavy atom. The molecule has 0 bridgehead atoms. The van der Waals surface area contributed by atoms with Gasteiger partial charge in [0, 0.05) is 32.2 Å². The first-order valence-corrected chi connectivity index (χ1v) is 6.38. The number of carbonyl (C=O) groups excluding carboxylic acids is 1. The molecule has 7 heteroatoms. The second-order valence-electron chi connectivity index (χ2n) is 4.67. The van der Waals surface area contributed by atoms with E-state index in [0.29, 0.717) is 19.8 Å². The third-order valence-electron chi connectivity index (χ3n) is 3.20. The quantitative estimate of drug-likeness (QED) is 0.690. The molecular formula is C12H22N2O5. The van der Waals surface area contributed by atoms with Crippen LogP contribution in [0.4, 0.5) is 4.79 Å². The number of urea groups is 1. The SMILES string of the molecule is COCCN(CC(=O)O)C(=O)NC(C)C1CCOC1. The minimum atomic E-state index is -1.04. The summed E-state index contributed by atoms with van der Waals surface area (Å²) in [5, 5.41) is 11.6. The van der Waals surface area contributed by atoms with E-state index < -0.39 is 5.97 Å². The summed E-state index contributed by atoms with van der Waals surface area (Å²) in [7, 11) is 1.51. The Kier molecular flexibility index (Phi) is 6.58. The Morgan fingerprint density at radius 1 is 1.58 bits per heavy atom. The van der Waals surface area contributed by atoms with Crippen LogP contribution in [0.3, 0.4) is 0 Å². The maximum absolute atomic E-state index is 12.0. The molecule has 0 spiro atoms. The minimum Gasteiger partial charge on any atom is -0.480 e. The monoisotopic (exact) mass is 274 g/mol.